The van der Waals surface area contributed by atoms with Gasteiger partial charge in [-0.3, -0.25) is 15.5 Å². The predicted molar refractivity (Wildman–Crippen MR) is 112 cm³/mol. The van der Waals surface area contributed by atoms with Crippen molar-refractivity contribution in [3.05, 3.63) is 69.2 Å². The minimum atomic E-state index is -0.461. The number of non-ortho nitro benzene ring substituents is 1. The fraction of sp³-hybridized carbons (Fsp3) is 0.217. The van der Waals surface area contributed by atoms with Crippen LogP contribution in [0.2, 0.25) is 0 Å². The summed E-state index contributed by atoms with van der Waals surface area (Å²) in [5, 5.41) is 29.4. The van der Waals surface area contributed by atoms with Gasteiger partial charge in [-0.05, 0) is 47.9 Å². The molecule has 0 spiro atoms. The number of nitrogens with one attached hydrogen (secondary N) is 1. The summed E-state index contributed by atoms with van der Waals surface area (Å²) in [5.41, 5.74) is 4.44. The van der Waals surface area contributed by atoms with E-state index in [1.807, 2.05) is 22.8 Å². The fourth-order valence-corrected chi connectivity index (χ4v) is 4.16. The van der Waals surface area contributed by atoms with Crippen LogP contribution in [0.4, 0.5) is 5.69 Å². The zero-order valence-electron chi connectivity index (χ0n) is 16.6. The van der Waals surface area contributed by atoms with Crippen LogP contribution in [0, 0.1) is 26.9 Å². The molecule has 3 heterocycles. The molecule has 31 heavy (non-hydrogen) atoms. The Balaban J connectivity index is 1.71. The summed E-state index contributed by atoms with van der Waals surface area (Å²) in [6.07, 6.45) is 1.54. The molecule has 0 fully saturated rings. The van der Waals surface area contributed by atoms with Crippen LogP contribution in [0.3, 0.4) is 0 Å². The standard InChI is InChI=1S/C23H18N4O4/c24-13-19-17(14-2-4-16(5-3-14)27(28)29)11-20-18-12-22-21(30-8-1-9-31-22)10-15(18)6-7-26(20)23(19)25/h2-5,10-12,25H,1,6-9H2. The van der Waals surface area contributed by atoms with Gasteiger partial charge >= 0.3 is 0 Å². The molecule has 154 valence electrons. The molecule has 5 rings (SSSR count). The number of pyridine rings is 1. The smallest absolute Gasteiger partial charge is 0.269 e. The molecule has 0 saturated carbocycles. The molecule has 2 aliphatic heterocycles. The lowest BCUT2D eigenvalue weighted by atomic mass is 9.92. The van der Waals surface area contributed by atoms with Crippen LogP contribution in [-0.2, 0) is 13.0 Å². The van der Waals surface area contributed by atoms with E-state index in [1.165, 1.54) is 12.1 Å². The molecular formula is C23H18N4O4. The van der Waals surface area contributed by atoms with Crippen LogP contribution in [0.25, 0.3) is 22.4 Å². The third kappa shape index (κ3) is 3.11. The number of nitrogens with zero attached hydrogens (tertiary/aromatic N) is 3. The van der Waals surface area contributed by atoms with Gasteiger partial charge in [-0.15, -0.1) is 0 Å². The summed E-state index contributed by atoms with van der Waals surface area (Å²) < 4.78 is 13.5. The molecule has 0 bridgehead atoms. The average Bonchev–Trinajstić information content (AvgIpc) is 3.02. The normalized spacial score (nSPS) is 14.0. The summed E-state index contributed by atoms with van der Waals surface area (Å²) in [6, 6.07) is 14.0. The van der Waals surface area contributed by atoms with E-state index in [-0.39, 0.29) is 16.7 Å². The SMILES string of the molecule is N#Cc1c(-c2ccc([N+](=O)[O-])cc2)cc2n(c1=N)CCc1cc3c(cc1-2)OCCCO3. The van der Waals surface area contributed by atoms with Gasteiger partial charge in [-0.1, -0.05) is 0 Å². The van der Waals surface area contributed by atoms with E-state index in [1.54, 1.807) is 12.1 Å². The fourth-order valence-electron chi connectivity index (χ4n) is 4.16. The van der Waals surface area contributed by atoms with Gasteiger partial charge in [0.15, 0.2) is 11.5 Å². The van der Waals surface area contributed by atoms with Crippen molar-refractivity contribution >= 4 is 5.69 Å². The maximum absolute atomic E-state index is 11.0. The topological polar surface area (TPSA) is 114 Å². The molecule has 1 N–H and O–H groups in total. The van der Waals surface area contributed by atoms with Crippen LogP contribution in [0.1, 0.15) is 17.5 Å². The lowest BCUT2D eigenvalue weighted by Gasteiger charge is -2.25. The number of ether oxygens (including phenoxy) is 2. The summed E-state index contributed by atoms with van der Waals surface area (Å²) in [6.45, 7) is 1.77. The number of nitriles is 1. The maximum atomic E-state index is 11.0. The summed E-state index contributed by atoms with van der Waals surface area (Å²) in [7, 11) is 0. The number of hydrogen-bond donors (Lipinski definition) is 1. The van der Waals surface area contributed by atoms with E-state index in [9.17, 15) is 15.4 Å². The second-order valence-corrected chi connectivity index (χ2v) is 7.49. The molecule has 3 aromatic rings. The van der Waals surface area contributed by atoms with Gasteiger partial charge < -0.3 is 14.0 Å². The van der Waals surface area contributed by atoms with E-state index >= 15 is 0 Å². The Bertz CT molecular complexity index is 1320. The number of benzene rings is 2. The van der Waals surface area contributed by atoms with Crippen molar-refractivity contribution in [3.8, 4) is 40.0 Å². The summed E-state index contributed by atoms with van der Waals surface area (Å²) in [4.78, 5) is 10.5. The van der Waals surface area contributed by atoms with Gasteiger partial charge in [0.2, 0.25) is 0 Å². The monoisotopic (exact) mass is 414 g/mol. The zero-order chi connectivity index (χ0) is 21.5. The second-order valence-electron chi connectivity index (χ2n) is 7.49. The second kappa shape index (κ2) is 7.29. The summed E-state index contributed by atoms with van der Waals surface area (Å²) in [5.74, 6) is 1.41. The van der Waals surface area contributed by atoms with Crippen LogP contribution in [-0.4, -0.2) is 22.7 Å². The molecule has 0 aliphatic carbocycles. The Kier molecular flexibility index (Phi) is 4.44. The first-order chi connectivity index (χ1) is 15.1. The molecular weight excluding hydrogens is 396 g/mol. The highest BCUT2D eigenvalue weighted by Crippen LogP contribution is 2.40. The average molecular weight is 414 g/mol. The minimum Gasteiger partial charge on any atom is -0.490 e. The number of nitro groups is 1. The van der Waals surface area contributed by atoms with E-state index in [2.05, 4.69) is 6.07 Å². The number of fused-ring (bicyclic) bond motifs is 4. The van der Waals surface area contributed by atoms with Crippen molar-refractivity contribution in [2.75, 3.05) is 13.2 Å². The number of nitro benzene ring substituents is 1. The Labute approximate surface area is 177 Å². The van der Waals surface area contributed by atoms with Gasteiger partial charge in [-0.25, -0.2) is 0 Å². The summed E-state index contributed by atoms with van der Waals surface area (Å²) >= 11 is 0. The lowest BCUT2D eigenvalue weighted by molar-refractivity contribution is -0.384. The molecule has 8 heteroatoms. The number of rotatable bonds is 2. The van der Waals surface area contributed by atoms with Gasteiger partial charge in [0.25, 0.3) is 5.69 Å². The molecule has 0 amide bonds. The highest BCUT2D eigenvalue weighted by molar-refractivity contribution is 5.78. The zero-order valence-corrected chi connectivity index (χ0v) is 16.6. The minimum absolute atomic E-state index is 0.0223. The number of hydrogen-bond acceptors (Lipinski definition) is 6. The van der Waals surface area contributed by atoms with Crippen molar-refractivity contribution in [2.45, 2.75) is 19.4 Å². The Morgan fingerprint density at radius 2 is 1.77 bits per heavy atom. The van der Waals surface area contributed by atoms with Gasteiger partial charge in [0.1, 0.15) is 17.1 Å². The third-order valence-electron chi connectivity index (χ3n) is 5.70. The van der Waals surface area contributed by atoms with Gasteiger partial charge in [0, 0.05) is 36.2 Å². The molecule has 0 saturated heterocycles. The first-order valence-electron chi connectivity index (χ1n) is 9.97. The Morgan fingerprint density at radius 1 is 1.06 bits per heavy atom. The first kappa shape index (κ1) is 18.9. The van der Waals surface area contributed by atoms with Crippen molar-refractivity contribution in [1.29, 1.82) is 10.7 Å². The van der Waals surface area contributed by atoms with E-state index < -0.39 is 4.92 Å². The van der Waals surface area contributed by atoms with E-state index in [4.69, 9.17) is 14.9 Å². The van der Waals surface area contributed by atoms with Crippen LogP contribution < -0.4 is 15.0 Å². The van der Waals surface area contributed by atoms with Crippen molar-refractivity contribution in [1.82, 2.24) is 4.57 Å². The molecule has 1 aromatic heterocycles. The van der Waals surface area contributed by atoms with E-state index in [0.717, 1.165) is 35.4 Å². The molecule has 0 radical (unpaired) electrons. The van der Waals surface area contributed by atoms with Crippen molar-refractivity contribution < 1.29 is 14.4 Å². The first-order valence-corrected chi connectivity index (χ1v) is 9.97. The van der Waals surface area contributed by atoms with Gasteiger partial charge in [0.05, 0.1) is 23.8 Å². The van der Waals surface area contributed by atoms with Crippen molar-refractivity contribution in [3.63, 3.8) is 0 Å². The van der Waals surface area contributed by atoms with Crippen LogP contribution in [0.15, 0.2) is 42.5 Å². The molecule has 2 aromatic carbocycles. The molecule has 0 unspecified atom stereocenters. The maximum Gasteiger partial charge on any atom is 0.269 e. The number of aryl methyl sites for hydroxylation is 1. The molecule has 8 nitrogen and oxygen atoms in total. The quantitative estimate of drug-likeness (QED) is 0.506. The van der Waals surface area contributed by atoms with Crippen LogP contribution in [0.5, 0.6) is 11.5 Å². The highest BCUT2D eigenvalue weighted by Gasteiger charge is 2.24. The van der Waals surface area contributed by atoms with Gasteiger partial charge in [-0.2, -0.15) is 5.26 Å². The van der Waals surface area contributed by atoms with Crippen molar-refractivity contribution in [2.24, 2.45) is 0 Å². The largest absolute Gasteiger partial charge is 0.490 e. The molecule has 0 atom stereocenters. The molecule has 2 aliphatic rings. The number of aromatic nitrogens is 1. The lowest BCUT2D eigenvalue weighted by Crippen LogP contribution is -2.28. The predicted octanol–water partition coefficient (Wildman–Crippen LogP) is 3.80. The third-order valence-corrected chi connectivity index (χ3v) is 5.70. The Morgan fingerprint density at radius 3 is 2.45 bits per heavy atom. The van der Waals surface area contributed by atoms with Crippen LogP contribution >= 0.6 is 0 Å². The van der Waals surface area contributed by atoms with E-state index in [0.29, 0.717) is 36.6 Å². The Hall–Kier alpha value is -4.12. The highest BCUT2D eigenvalue weighted by atomic mass is 16.6.